The molecule has 0 saturated heterocycles. The maximum absolute atomic E-state index is 12.3. The van der Waals surface area contributed by atoms with E-state index in [4.69, 9.17) is 0 Å². The Hall–Kier alpha value is -2.59. The van der Waals surface area contributed by atoms with Crippen molar-refractivity contribution < 1.29 is 13.2 Å². The predicted molar refractivity (Wildman–Crippen MR) is 104 cm³/mol. The van der Waals surface area contributed by atoms with Crippen molar-refractivity contribution in [3.05, 3.63) is 58.6 Å². The van der Waals surface area contributed by atoms with Crippen LogP contribution in [0.4, 0.5) is 5.69 Å². The van der Waals surface area contributed by atoms with Crippen LogP contribution in [0.3, 0.4) is 0 Å². The first-order valence-electron chi connectivity index (χ1n) is 7.90. The fraction of sp³-hybridized carbons (Fsp3) is 0.176. The summed E-state index contributed by atoms with van der Waals surface area (Å²) in [5.41, 5.74) is 1.81. The SMILES string of the molecule is Cn1nnnc1-c1cccc(NC(=O)CS(=O)(=O)Cc2ccc(Br)cc2)c1. The molecule has 1 heterocycles. The third kappa shape index (κ3) is 5.20. The van der Waals surface area contributed by atoms with E-state index in [0.29, 0.717) is 22.6 Å². The summed E-state index contributed by atoms with van der Waals surface area (Å²) in [5, 5.41) is 13.9. The standard InChI is InChI=1S/C17H16BrN5O3S/c1-23-17(20-21-22-23)13-3-2-4-15(9-13)19-16(24)11-27(25,26)10-12-5-7-14(18)8-6-12/h2-9H,10-11H2,1H3,(H,19,24). The molecule has 1 amide bonds. The van der Waals surface area contributed by atoms with Gasteiger partial charge in [-0.1, -0.05) is 40.2 Å². The molecule has 2 aromatic carbocycles. The van der Waals surface area contributed by atoms with Gasteiger partial charge in [0.05, 0.1) is 5.75 Å². The fourth-order valence-electron chi connectivity index (χ4n) is 2.49. The molecular formula is C17H16BrN5O3S. The zero-order valence-corrected chi connectivity index (χ0v) is 16.7. The number of hydrogen-bond acceptors (Lipinski definition) is 6. The van der Waals surface area contributed by atoms with Crippen LogP contribution in [-0.2, 0) is 27.4 Å². The van der Waals surface area contributed by atoms with Crippen LogP contribution in [0.15, 0.2) is 53.0 Å². The first-order chi connectivity index (χ1) is 12.8. The van der Waals surface area contributed by atoms with Gasteiger partial charge in [-0.3, -0.25) is 4.79 Å². The van der Waals surface area contributed by atoms with Gasteiger partial charge in [0.25, 0.3) is 0 Å². The summed E-state index contributed by atoms with van der Waals surface area (Å²) in [6.07, 6.45) is 0. The molecule has 0 saturated carbocycles. The van der Waals surface area contributed by atoms with Crippen LogP contribution >= 0.6 is 15.9 Å². The van der Waals surface area contributed by atoms with E-state index in [9.17, 15) is 13.2 Å². The van der Waals surface area contributed by atoms with Crippen LogP contribution < -0.4 is 5.32 Å². The fourth-order valence-corrected chi connectivity index (χ4v) is 4.03. The van der Waals surface area contributed by atoms with E-state index in [0.717, 1.165) is 4.47 Å². The predicted octanol–water partition coefficient (Wildman–Crippen LogP) is 2.19. The molecule has 0 aliphatic carbocycles. The molecule has 0 aliphatic rings. The van der Waals surface area contributed by atoms with Crippen LogP contribution in [0.2, 0.25) is 0 Å². The van der Waals surface area contributed by atoms with Gasteiger partial charge >= 0.3 is 0 Å². The molecule has 0 radical (unpaired) electrons. The van der Waals surface area contributed by atoms with Crippen molar-refractivity contribution in [3.8, 4) is 11.4 Å². The smallest absolute Gasteiger partial charge is 0.239 e. The van der Waals surface area contributed by atoms with Crippen LogP contribution in [0.1, 0.15) is 5.56 Å². The number of amides is 1. The van der Waals surface area contributed by atoms with Crippen molar-refractivity contribution in [2.24, 2.45) is 7.05 Å². The molecule has 0 spiro atoms. The molecule has 8 nitrogen and oxygen atoms in total. The largest absolute Gasteiger partial charge is 0.325 e. The Morgan fingerprint density at radius 1 is 1.19 bits per heavy atom. The number of carbonyl (C=O) groups is 1. The summed E-state index contributed by atoms with van der Waals surface area (Å²) in [7, 11) is -1.89. The van der Waals surface area contributed by atoms with Crippen molar-refractivity contribution in [1.29, 1.82) is 0 Å². The molecule has 140 valence electrons. The number of nitrogens with zero attached hydrogens (tertiary/aromatic N) is 4. The Labute approximate surface area is 164 Å². The number of hydrogen-bond donors (Lipinski definition) is 1. The second-order valence-corrected chi connectivity index (χ2v) is 8.89. The molecule has 3 rings (SSSR count). The second kappa shape index (κ2) is 7.97. The quantitative estimate of drug-likeness (QED) is 0.617. The maximum atomic E-state index is 12.3. The molecule has 3 aromatic rings. The average Bonchev–Trinajstić information content (AvgIpc) is 3.02. The first kappa shape index (κ1) is 19.2. The highest BCUT2D eigenvalue weighted by atomic mass is 79.9. The third-order valence-corrected chi connectivity index (χ3v) is 5.68. The number of aromatic nitrogens is 4. The van der Waals surface area contributed by atoms with E-state index in [2.05, 4.69) is 36.8 Å². The van der Waals surface area contributed by atoms with Crippen molar-refractivity contribution in [3.63, 3.8) is 0 Å². The van der Waals surface area contributed by atoms with Crippen LogP contribution in [0.25, 0.3) is 11.4 Å². The molecule has 10 heteroatoms. The van der Waals surface area contributed by atoms with Gasteiger partial charge in [0, 0.05) is 22.8 Å². The van der Waals surface area contributed by atoms with E-state index in [1.807, 2.05) is 0 Å². The highest BCUT2D eigenvalue weighted by Crippen LogP contribution is 2.20. The highest BCUT2D eigenvalue weighted by Gasteiger charge is 2.18. The summed E-state index contributed by atoms with van der Waals surface area (Å²) in [4.78, 5) is 12.2. The van der Waals surface area contributed by atoms with Gasteiger partial charge < -0.3 is 5.32 Å². The van der Waals surface area contributed by atoms with E-state index < -0.39 is 21.5 Å². The number of benzene rings is 2. The number of halogens is 1. The van der Waals surface area contributed by atoms with Gasteiger partial charge in [0.15, 0.2) is 15.7 Å². The number of sulfone groups is 1. The van der Waals surface area contributed by atoms with E-state index in [1.54, 1.807) is 55.6 Å². The molecule has 0 bridgehead atoms. The number of aryl methyl sites for hydroxylation is 1. The number of carbonyl (C=O) groups excluding carboxylic acids is 1. The van der Waals surface area contributed by atoms with Gasteiger partial charge in [0.2, 0.25) is 5.91 Å². The Balaban J connectivity index is 1.67. The summed E-state index contributed by atoms with van der Waals surface area (Å²) in [6.45, 7) is 0. The van der Waals surface area contributed by atoms with Crippen molar-refractivity contribution in [1.82, 2.24) is 20.2 Å². The minimum Gasteiger partial charge on any atom is -0.325 e. The topological polar surface area (TPSA) is 107 Å². The Morgan fingerprint density at radius 3 is 2.59 bits per heavy atom. The van der Waals surface area contributed by atoms with Crippen LogP contribution in [0, 0.1) is 0 Å². The molecule has 1 N–H and O–H groups in total. The normalized spacial score (nSPS) is 11.3. The number of rotatable bonds is 6. The number of tetrazole rings is 1. The Bertz CT molecular complexity index is 1060. The van der Waals surface area contributed by atoms with Crippen LogP contribution in [-0.4, -0.2) is 40.3 Å². The lowest BCUT2D eigenvalue weighted by molar-refractivity contribution is -0.113. The zero-order valence-electron chi connectivity index (χ0n) is 14.3. The van der Waals surface area contributed by atoms with Gasteiger partial charge in [-0.05, 0) is 40.3 Å². The van der Waals surface area contributed by atoms with Gasteiger partial charge in [-0.15, -0.1) is 5.10 Å². The lowest BCUT2D eigenvalue weighted by atomic mass is 10.2. The van der Waals surface area contributed by atoms with Crippen molar-refractivity contribution >= 4 is 37.4 Å². The molecular weight excluding hydrogens is 434 g/mol. The molecule has 1 aromatic heterocycles. The summed E-state index contributed by atoms with van der Waals surface area (Å²) >= 11 is 3.30. The maximum Gasteiger partial charge on any atom is 0.239 e. The van der Waals surface area contributed by atoms with Gasteiger partial charge in [0.1, 0.15) is 5.75 Å². The lowest BCUT2D eigenvalue weighted by Crippen LogP contribution is -2.24. The summed E-state index contributed by atoms with van der Waals surface area (Å²) < 4.78 is 26.9. The summed E-state index contributed by atoms with van der Waals surface area (Å²) in [6, 6.07) is 13.8. The molecule has 0 aliphatic heterocycles. The van der Waals surface area contributed by atoms with Gasteiger partial charge in [-0.2, -0.15) is 0 Å². The third-order valence-electron chi connectivity index (χ3n) is 3.68. The minimum absolute atomic E-state index is 0.196. The average molecular weight is 450 g/mol. The molecule has 0 fully saturated rings. The van der Waals surface area contributed by atoms with Gasteiger partial charge in [-0.25, -0.2) is 13.1 Å². The minimum atomic E-state index is -3.59. The van der Waals surface area contributed by atoms with Crippen LogP contribution in [0.5, 0.6) is 0 Å². The second-order valence-electron chi connectivity index (χ2n) is 5.91. The Morgan fingerprint density at radius 2 is 1.93 bits per heavy atom. The molecule has 27 heavy (non-hydrogen) atoms. The van der Waals surface area contributed by atoms with Crippen molar-refractivity contribution in [2.45, 2.75) is 5.75 Å². The lowest BCUT2D eigenvalue weighted by Gasteiger charge is -2.08. The molecule has 0 atom stereocenters. The Kier molecular flexibility index (Phi) is 5.66. The van der Waals surface area contributed by atoms with E-state index in [1.165, 1.54) is 4.68 Å². The number of anilines is 1. The first-order valence-corrected chi connectivity index (χ1v) is 10.5. The van der Waals surface area contributed by atoms with Crippen molar-refractivity contribution in [2.75, 3.05) is 11.1 Å². The summed E-state index contributed by atoms with van der Waals surface area (Å²) in [5.74, 6) is -0.855. The van der Waals surface area contributed by atoms with E-state index >= 15 is 0 Å². The molecule has 0 unspecified atom stereocenters. The zero-order chi connectivity index (χ0) is 19.4. The monoisotopic (exact) mass is 449 g/mol. The highest BCUT2D eigenvalue weighted by molar-refractivity contribution is 9.10. The van der Waals surface area contributed by atoms with E-state index in [-0.39, 0.29) is 5.75 Å². The number of nitrogens with one attached hydrogen (secondary N) is 1.